The van der Waals surface area contributed by atoms with E-state index in [1.54, 1.807) is 20.8 Å². The molecular formula is C13H16F3NO3. The fraction of sp³-hybridized carbons (Fsp3) is 0.462. The lowest BCUT2D eigenvalue weighted by molar-refractivity contribution is -0.0522. The van der Waals surface area contributed by atoms with Crippen molar-refractivity contribution in [2.45, 2.75) is 39.5 Å². The summed E-state index contributed by atoms with van der Waals surface area (Å²) >= 11 is 0. The molecule has 0 unspecified atom stereocenters. The van der Waals surface area contributed by atoms with Crippen LogP contribution in [0, 0.1) is 5.82 Å². The number of alkyl carbamates (subject to hydrolysis) is 1. The lowest BCUT2D eigenvalue weighted by Crippen LogP contribution is -2.32. The molecule has 0 aliphatic heterocycles. The second kappa shape index (κ2) is 6.49. The van der Waals surface area contributed by atoms with E-state index in [2.05, 4.69) is 10.1 Å². The number of carbonyl (C=O) groups excluding carboxylic acids is 1. The van der Waals surface area contributed by atoms with Gasteiger partial charge in [-0.05, 0) is 38.5 Å². The fourth-order valence-electron chi connectivity index (χ4n) is 1.33. The molecular weight excluding hydrogens is 275 g/mol. The molecule has 0 heterocycles. The van der Waals surface area contributed by atoms with Gasteiger partial charge in [0.2, 0.25) is 0 Å². The molecule has 0 saturated heterocycles. The first kappa shape index (κ1) is 16.1. The summed E-state index contributed by atoms with van der Waals surface area (Å²) in [4.78, 5) is 11.4. The summed E-state index contributed by atoms with van der Waals surface area (Å²) in [6.07, 6.45) is -0.654. The van der Waals surface area contributed by atoms with E-state index in [1.807, 2.05) is 0 Å². The Bertz CT molecular complexity index is 472. The maximum absolute atomic E-state index is 13.2. The monoisotopic (exact) mass is 291 g/mol. The lowest BCUT2D eigenvalue weighted by atomic mass is 10.2. The third kappa shape index (κ3) is 5.81. The molecule has 0 saturated carbocycles. The Morgan fingerprint density at radius 3 is 2.55 bits per heavy atom. The Hall–Kier alpha value is -1.92. The van der Waals surface area contributed by atoms with Gasteiger partial charge in [0.1, 0.15) is 5.60 Å². The minimum absolute atomic E-state index is 0.00872. The number of hydrogen-bond acceptors (Lipinski definition) is 3. The van der Waals surface area contributed by atoms with Crippen LogP contribution < -0.4 is 10.1 Å². The van der Waals surface area contributed by atoms with Crippen LogP contribution in [0.5, 0.6) is 5.75 Å². The van der Waals surface area contributed by atoms with E-state index in [0.29, 0.717) is 5.56 Å². The molecule has 112 valence electrons. The number of benzene rings is 1. The van der Waals surface area contributed by atoms with Crippen LogP contribution in [-0.4, -0.2) is 18.3 Å². The van der Waals surface area contributed by atoms with Crippen molar-refractivity contribution in [3.8, 4) is 5.75 Å². The van der Waals surface area contributed by atoms with E-state index in [4.69, 9.17) is 4.74 Å². The molecule has 1 aromatic rings. The first-order valence-corrected chi connectivity index (χ1v) is 5.87. The molecule has 20 heavy (non-hydrogen) atoms. The Balaban J connectivity index is 2.62. The van der Waals surface area contributed by atoms with Crippen molar-refractivity contribution < 1.29 is 27.4 Å². The highest BCUT2D eigenvalue weighted by Crippen LogP contribution is 2.21. The number of ether oxygens (including phenoxy) is 2. The molecule has 0 aromatic heterocycles. The van der Waals surface area contributed by atoms with Crippen LogP contribution in [0.3, 0.4) is 0 Å². The summed E-state index contributed by atoms with van der Waals surface area (Å²) in [6, 6.07) is 3.44. The van der Waals surface area contributed by atoms with E-state index < -0.39 is 29.9 Å². The average molecular weight is 291 g/mol. The zero-order chi connectivity index (χ0) is 15.3. The number of carbonyl (C=O) groups is 1. The van der Waals surface area contributed by atoms with E-state index >= 15 is 0 Å². The molecule has 0 spiro atoms. The quantitative estimate of drug-likeness (QED) is 0.924. The summed E-state index contributed by atoms with van der Waals surface area (Å²) in [7, 11) is 0. The van der Waals surface area contributed by atoms with Crippen LogP contribution in [0.1, 0.15) is 26.3 Å². The van der Waals surface area contributed by atoms with Crippen LogP contribution in [0.2, 0.25) is 0 Å². The normalized spacial score (nSPS) is 11.3. The molecule has 1 N–H and O–H groups in total. The van der Waals surface area contributed by atoms with Gasteiger partial charge in [-0.25, -0.2) is 9.18 Å². The Morgan fingerprint density at radius 1 is 1.35 bits per heavy atom. The van der Waals surface area contributed by atoms with Gasteiger partial charge >= 0.3 is 12.7 Å². The van der Waals surface area contributed by atoms with Crippen molar-refractivity contribution in [1.29, 1.82) is 0 Å². The van der Waals surface area contributed by atoms with Gasteiger partial charge < -0.3 is 14.8 Å². The molecule has 1 amide bonds. The molecule has 0 aliphatic carbocycles. The van der Waals surface area contributed by atoms with Crippen LogP contribution in [0.15, 0.2) is 18.2 Å². The van der Waals surface area contributed by atoms with Gasteiger partial charge in [-0.1, -0.05) is 6.07 Å². The summed E-state index contributed by atoms with van der Waals surface area (Å²) in [6.45, 7) is 2.02. The van der Waals surface area contributed by atoms with Crippen molar-refractivity contribution in [3.63, 3.8) is 0 Å². The number of hydrogen-bond donors (Lipinski definition) is 1. The molecule has 4 nitrogen and oxygen atoms in total. The third-order valence-electron chi connectivity index (χ3n) is 2.05. The summed E-state index contributed by atoms with van der Waals surface area (Å²) in [5, 5.41) is 2.43. The van der Waals surface area contributed by atoms with E-state index in [0.717, 1.165) is 12.1 Å². The highest BCUT2D eigenvalue weighted by atomic mass is 19.3. The lowest BCUT2D eigenvalue weighted by Gasteiger charge is -2.19. The highest BCUT2D eigenvalue weighted by Gasteiger charge is 2.16. The van der Waals surface area contributed by atoms with Crippen LogP contribution in [0.4, 0.5) is 18.0 Å². The van der Waals surface area contributed by atoms with Gasteiger partial charge in [-0.3, -0.25) is 0 Å². The second-order valence-corrected chi connectivity index (χ2v) is 5.00. The molecule has 0 aliphatic rings. The number of nitrogens with one attached hydrogen (secondary N) is 1. The summed E-state index contributed by atoms with van der Waals surface area (Å²) in [5.41, 5.74) is -0.232. The zero-order valence-corrected chi connectivity index (χ0v) is 11.4. The smallest absolute Gasteiger partial charge is 0.407 e. The van der Waals surface area contributed by atoms with Gasteiger partial charge in [0.15, 0.2) is 11.6 Å². The van der Waals surface area contributed by atoms with Crippen LogP contribution in [-0.2, 0) is 11.3 Å². The molecule has 1 rings (SSSR count). The standard InChI is InChI=1S/C13H16F3NO3/c1-13(2,3)20-12(18)17-7-8-4-5-9(14)10(6-8)19-11(15)16/h4-6,11H,7H2,1-3H3,(H,17,18). The van der Waals surface area contributed by atoms with Crippen LogP contribution in [0.25, 0.3) is 0 Å². The van der Waals surface area contributed by atoms with Gasteiger partial charge in [0.05, 0.1) is 0 Å². The fourth-order valence-corrected chi connectivity index (χ4v) is 1.33. The van der Waals surface area contributed by atoms with E-state index in [1.165, 1.54) is 6.07 Å². The summed E-state index contributed by atoms with van der Waals surface area (Å²) in [5.74, 6) is -1.46. The van der Waals surface area contributed by atoms with Crippen molar-refractivity contribution in [3.05, 3.63) is 29.6 Å². The predicted octanol–water partition coefficient (Wildman–Crippen LogP) is 3.45. The van der Waals surface area contributed by atoms with Gasteiger partial charge in [0.25, 0.3) is 0 Å². The number of alkyl halides is 2. The molecule has 0 radical (unpaired) electrons. The predicted molar refractivity (Wildman–Crippen MR) is 66.1 cm³/mol. The molecule has 7 heteroatoms. The van der Waals surface area contributed by atoms with Gasteiger partial charge in [0, 0.05) is 6.54 Å². The maximum Gasteiger partial charge on any atom is 0.407 e. The number of amides is 1. The Kier molecular flexibility index (Phi) is 5.24. The van der Waals surface area contributed by atoms with Crippen molar-refractivity contribution in [2.24, 2.45) is 0 Å². The topological polar surface area (TPSA) is 47.6 Å². The van der Waals surface area contributed by atoms with E-state index in [-0.39, 0.29) is 6.54 Å². The number of halogens is 3. The Morgan fingerprint density at radius 2 is 2.00 bits per heavy atom. The minimum Gasteiger partial charge on any atom is -0.444 e. The SMILES string of the molecule is CC(C)(C)OC(=O)NCc1ccc(F)c(OC(F)F)c1. The van der Waals surface area contributed by atoms with Crippen molar-refractivity contribution in [1.82, 2.24) is 5.32 Å². The van der Waals surface area contributed by atoms with Gasteiger partial charge in [-0.2, -0.15) is 8.78 Å². The second-order valence-electron chi connectivity index (χ2n) is 5.00. The average Bonchev–Trinajstić information content (AvgIpc) is 2.27. The highest BCUT2D eigenvalue weighted by molar-refractivity contribution is 5.67. The van der Waals surface area contributed by atoms with Crippen molar-refractivity contribution >= 4 is 6.09 Å². The molecule has 0 fully saturated rings. The maximum atomic E-state index is 13.2. The van der Waals surface area contributed by atoms with Crippen molar-refractivity contribution in [2.75, 3.05) is 0 Å². The minimum atomic E-state index is -3.11. The molecule has 0 bridgehead atoms. The molecule has 0 atom stereocenters. The first-order valence-electron chi connectivity index (χ1n) is 5.87. The zero-order valence-electron chi connectivity index (χ0n) is 11.4. The van der Waals surface area contributed by atoms with Gasteiger partial charge in [-0.15, -0.1) is 0 Å². The first-order chi connectivity index (χ1) is 9.17. The Labute approximate surface area is 114 Å². The summed E-state index contributed by atoms with van der Waals surface area (Å²) < 4.78 is 46.3. The van der Waals surface area contributed by atoms with E-state index in [9.17, 15) is 18.0 Å². The number of rotatable bonds is 4. The third-order valence-corrected chi connectivity index (χ3v) is 2.05. The largest absolute Gasteiger partial charge is 0.444 e. The molecule has 1 aromatic carbocycles. The van der Waals surface area contributed by atoms with Crippen LogP contribution >= 0.6 is 0 Å².